The minimum Gasteiger partial charge on any atom is -0.418 e. The summed E-state index contributed by atoms with van der Waals surface area (Å²) in [6, 6.07) is 8.31. The third-order valence-corrected chi connectivity index (χ3v) is 3.01. The molecule has 0 amide bonds. The third-order valence-electron chi connectivity index (χ3n) is 3.01. The maximum Gasteiger partial charge on any atom is 0.673 e. The molecule has 0 N–H and O–H groups in total. The average molecular weight is 330 g/mol. The fourth-order valence-electron chi connectivity index (χ4n) is 1.65. The number of hydrogen-bond acceptors (Lipinski definition) is 2. The first-order chi connectivity index (χ1) is 10.6. The number of nitrogens with zero attached hydrogens (tertiary/aromatic N) is 4. The summed E-state index contributed by atoms with van der Waals surface area (Å²) in [5.41, 5.74) is 2.28. The van der Waals surface area contributed by atoms with E-state index < -0.39 is 7.25 Å². The molecule has 0 saturated heterocycles. The van der Waals surface area contributed by atoms with Crippen LogP contribution in [0.1, 0.15) is 11.4 Å². The van der Waals surface area contributed by atoms with Crippen LogP contribution in [0.3, 0.4) is 0 Å². The van der Waals surface area contributed by atoms with Crippen molar-refractivity contribution in [1.82, 2.24) is 4.68 Å². The van der Waals surface area contributed by atoms with Crippen molar-refractivity contribution >= 4 is 19.2 Å². The Kier molecular flexibility index (Phi) is 6.35. The van der Waals surface area contributed by atoms with Gasteiger partial charge in [-0.05, 0) is 17.7 Å². The fourth-order valence-corrected chi connectivity index (χ4v) is 1.65. The molecule has 0 bridgehead atoms. The highest BCUT2D eigenvalue weighted by molar-refractivity contribution is 6.50. The van der Waals surface area contributed by atoms with Gasteiger partial charge < -0.3 is 22.2 Å². The molecule has 0 atom stereocenters. The molecule has 1 heterocycles. The largest absolute Gasteiger partial charge is 0.673 e. The molecule has 1 aromatic heterocycles. The molecule has 0 aliphatic heterocycles. The van der Waals surface area contributed by atoms with Gasteiger partial charge >= 0.3 is 7.25 Å². The zero-order chi connectivity index (χ0) is 17.6. The van der Waals surface area contributed by atoms with Crippen molar-refractivity contribution in [1.29, 1.82) is 0 Å². The van der Waals surface area contributed by atoms with E-state index in [0.29, 0.717) is 0 Å². The number of hydrogen-bond donors (Lipinski definition) is 0. The minimum atomic E-state index is -6.00. The van der Waals surface area contributed by atoms with E-state index in [9.17, 15) is 17.3 Å². The summed E-state index contributed by atoms with van der Waals surface area (Å²) in [5, 5.41) is 4.43. The van der Waals surface area contributed by atoms with Crippen LogP contribution >= 0.6 is 0 Å². The van der Waals surface area contributed by atoms with Gasteiger partial charge in [0.15, 0.2) is 6.20 Å². The van der Waals surface area contributed by atoms with Gasteiger partial charge in [0.2, 0.25) is 0 Å². The Balaban J connectivity index is 0.000000463. The van der Waals surface area contributed by atoms with Crippen LogP contribution in [0.2, 0.25) is 0 Å². The summed E-state index contributed by atoms with van der Waals surface area (Å²) in [6.45, 7) is 2.03. The molecule has 2 aromatic rings. The molecule has 1 aromatic carbocycles. The number of imidazole rings is 1. The lowest BCUT2D eigenvalue weighted by atomic mass is 10.2. The van der Waals surface area contributed by atoms with Crippen molar-refractivity contribution in [2.24, 2.45) is 12.1 Å². The molecule has 4 nitrogen and oxygen atoms in total. The summed E-state index contributed by atoms with van der Waals surface area (Å²) < 4.78 is 42.9. The fraction of sp³-hybridized carbons (Fsp3) is 0.286. The van der Waals surface area contributed by atoms with Crippen LogP contribution < -0.4 is 9.47 Å². The van der Waals surface area contributed by atoms with Crippen LogP contribution in [-0.2, 0) is 7.05 Å². The molecular formula is C14H19BF4N4. The van der Waals surface area contributed by atoms with Gasteiger partial charge in [-0.25, -0.2) is 4.57 Å². The summed E-state index contributed by atoms with van der Waals surface area (Å²) in [4.78, 5) is 2.08. The summed E-state index contributed by atoms with van der Waals surface area (Å²) in [7, 11) is 0.0752. The van der Waals surface area contributed by atoms with Gasteiger partial charge in [-0.2, -0.15) is 0 Å². The summed E-state index contributed by atoms with van der Waals surface area (Å²) in [5.74, 6) is 1.09. The Hall–Kier alpha value is -2.32. The molecule has 0 fully saturated rings. The van der Waals surface area contributed by atoms with Gasteiger partial charge in [0, 0.05) is 26.7 Å². The molecule has 0 aliphatic rings. The number of rotatable bonds is 3. The van der Waals surface area contributed by atoms with E-state index in [2.05, 4.69) is 34.3 Å². The van der Waals surface area contributed by atoms with Crippen LogP contribution in [0.5, 0.6) is 0 Å². The smallest absolute Gasteiger partial charge is 0.418 e. The van der Waals surface area contributed by atoms with Crippen LogP contribution in [0.15, 0.2) is 41.8 Å². The predicted octanol–water partition coefficient (Wildman–Crippen LogP) is 2.87. The number of aromatic nitrogens is 2. The van der Waals surface area contributed by atoms with E-state index in [1.54, 1.807) is 0 Å². The van der Waals surface area contributed by atoms with E-state index in [1.165, 1.54) is 5.69 Å². The van der Waals surface area contributed by atoms with E-state index in [0.717, 1.165) is 11.4 Å². The Labute approximate surface area is 132 Å². The molecule has 0 radical (unpaired) electrons. The first-order valence-corrected chi connectivity index (χ1v) is 6.80. The molecular weight excluding hydrogens is 311 g/mol. The van der Waals surface area contributed by atoms with Crippen LogP contribution in [-0.4, -0.2) is 32.2 Å². The van der Waals surface area contributed by atoms with Gasteiger partial charge in [0.25, 0.3) is 5.82 Å². The lowest BCUT2D eigenvalue weighted by Crippen LogP contribution is -2.29. The molecule has 0 spiro atoms. The Bertz CT molecular complexity index is 642. The van der Waals surface area contributed by atoms with Crippen LogP contribution in [0, 0.1) is 6.92 Å². The lowest BCUT2D eigenvalue weighted by Gasteiger charge is -2.11. The Morgan fingerprint density at radius 1 is 1.13 bits per heavy atom. The van der Waals surface area contributed by atoms with Gasteiger partial charge in [0.05, 0.1) is 13.3 Å². The van der Waals surface area contributed by atoms with Crippen molar-refractivity contribution in [3.05, 3.63) is 48.0 Å². The SMILES string of the molecule is Cc1n(N=Cc2ccc(N(C)C)cc2)cc[n+]1C.F[B-](F)(F)F. The second kappa shape index (κ2) is 7.80. The quantitative estimate of drug-likeness (QED) is 0.368. The van der Waals surface area contributed by atoms with Crippen LogP contribution in [0.25, 0.3) is 0 Å². The number of benzene rings is 1. The second-order valence-electron chi connectivity index (χ2n) is 5.03. The van der Waals surface area contributed by atoms with Gasteiger partial charge in [-0.3, -0.25) is 0 Å². The highest BCUT2D eigenvalue weighted by Crippen LogP contribution is 2.11. The highest BCUT2D eigenvalue weighted by Gasteiger charge is 2.20. The van der Waals surface area contributed by atoms with E-state index >= 15 is 0 Å². The van der Waals surface area contributed by atoms with E-state index in [4.69, 9.17) is 0 Å². The van der Waals surface area contributed by atoms with Crippen molar-refractivity contribution in [2.45, 2.75) is 6.92 Å². The zero-order valence-corrected chi connectivity index (χ0v) is 13.4. The van der Waals surface area contributed by atoms with E-state index in [-0.39, 0.29) is 0 Å². The van der Waals surface area contributed by atoms with E-state index in [1.807, 2.05) is 55.9 Å². The summed E-state index contributed by atoms with van der Waals surface area (Å²) in [6.07, 6.45) is 5.80. The molecule has 0 saturated carbocycles. The second-order valence-corrected chi connectivity index (χ2v) is 5.03. The molecule has 23 heavy (non-hydrogen) atoms. The number of aryl methyl sites for hydroxylation is 1. The topological polar surface area (TPSA) is 24.4 Å². The normalized spacial score (nSPS) is 11.3. The van der Waals surface area contributed by atoms with Crippen LogP contribution in [0.4, 0.5) is 23.0 Å². The molecule has 9 heteroatoms. The van der Waals surface area contributed by atoms with Gasteiger partial charge in [-0.1, -0.05) is 17.2 Å². The average Bonchev–Trinajstić information content (AvgIpc) is 2.75. The first kappa shape index (κ1) is 18.7. The first-order valence-electron chi connectivity index (χ1n) is 6.80. The maximum atomic E-state index is 9.75. The van der Waals surface area contributed by atoms with Crippen molar-refractivity contribution in [3.63, 3.8) is 0 Å². The van der Waals surface area contributed by atoms with Crippen molar-refractivity contribution < 1.29 is 21.8 Å². The summed E-state index contributed by atoms with van der Waals surface area (Å²) >= 11 is 0. The maximum absolute atomic E-state index is 9.75. The highest BCUT2D eigenvalue weighted by atomic mass is 19.5. The number of halogens is 4. The minimum absolute atomic E-state index is 1.09. The Morgan fingerprint density at radius 3 is 2.04 bits per heavy atom. The Morgan fingerprint density at radius 2 is 1.65 bits per heavy atom. The molecule has 2 rings (SSSR count). The van der Waals surface area contributed by atoms with Crippen molar-refractivity contribution in [2.75, 3.05) is 19.0 Å². The molecule has 0 aliphatic carbocycles. The number of anilines is 1. The van der Waals surface area contributed by atoms with Gasteiger partial charge in [-0.15, -0.1) is 4.68 Å². The van der Waals surface area contributed by atoms with Crippen molar-refractivity contribution in [3.8, 4) is 0 Å². The zero-order valence-electron chi connectivity index (χ0n) is 13.4. The predicted molar refractivity (Wildman–Crippen MR) is 84.3 cm³/mol. The molecule has 0 unspecified atom stereocenters. The van der Waals surface area contributed by atoms with Gasteiger partial charge in [0.1, 0.15) is 6.20 Å². The molecule has 126 valence electrons. The monoisotopic (exact) mass is 330 g/mol. The lowest BCUT2D eigenvalue weighted by molar-refractivity contribution is -0.677. The third kappa shape index (κ3) is 6.99. The standard InChI is InChI=1S/C14H19N4.BF4/c1-12-17(4)9-10-18(12)15-11-13-5-7-14(8-6-13)16(2)3;2-1(3,4)5/h5-11H,1-4H3;/q+1;-1.